The number of ether oxygens (including phenoxy) is 2. The first kappa shape index (κ1) is 18.7. The van der Waals surface area contributed by atoms with Gasteiger partial charge in [-0.25, -0.2) is 15.0 Å². The summed E-state index contributed by atoms with van der Waals surface area (Å²) in [5, 5.41) is 9.01. The van der Waals surface area contributed by atoms with Crippen molar-refractivity contribution in [1.29, 1.82) is 0 Å². The molecule has 2 aromatic heterocycles. The summed E-state index contributed by atoms with van der Waals surface area (Å²) in [4.78, 5) is 12.7. The summed E-state index contributed by atoms with van der Waals surface area (Å²) in [5.74, 6) is 0.905. The van der Waals surface area contributed by atoms with E-state index in [1.165, 1.54) is 19.2 Å². The number of benzene rings is 1. The van der Waals surface area contributed by atoms with Crippen LogP contribution in [0.2, 0.25) is 0 Å². The fourth-order valence-electron chi connectivity index (χ4n) is 2.54. The SMILES string of the molecule is COc1ccc(Cc2cnc(CO)nc2)nc1-c1cccc(OC(F)F)c1. The van der Waals surface area contributed by atoms with Crippen LogP contribution in [0, 0.1) is 0 Å². The van der Waals surface area contributed by atoms with Crippen molar-refractivity contribution in [2.24, 2.45) is 0 Å². The second kappa shape index (κ2) is 8.50. The molecule has 1 aromatic carbocycles. The van der Waals surface area contributed by atoms with Crippen LogP contribution in [-0.4, -0.2) is 33.8 Å². The van der Waals surface area contributed by atoms with Gasteiger partial charge in [-0.05, 0) is 29.8 Å². The summed E-state index contributed by atoms with van der Waals surface area (Å²) in [6, 6.07) is 9.86. The van der Waals surface area contributed by atoms with Crippen LogP contribution < -0.4 is 9.47 Å². The van der Waals surface area contributed by atoms with Crippen LogP contribution in [0.5, 0.6) is 11.5 Å². The van der Waals surface area contributed by atoms with Crippen LogP contribution in [0.15, 0.2) is 48.8 Å². The third-order valence-electron chi connectivity index (χ3n) is 3.75. The van der Waals surface area contributed by atoms with Gasteiger partial charge in [-0.3, -0.25) is 0 Å². The molecule has 3 aromatic rings. The van der Waals surface area contributed by atoms with Crippen molar-refractivity contribution in [3.05, 3.63) is 65.9 Å². The molecule has 0 unspecified atom stereocenters. The van der Waals surface area contributed by atoms with Gasteiger partial charge in [-0.15, -0.1) is 0 Å². The number of hydrogen-bond acceptors (Lipinski definition) is 6. The third-order valence-corrected chi connectivity index (χ3v) is 3.75. The summed E-state index contributed by atoms with van der Waals surface area (Å²) in [6.07, 6.45) is 3.72. The highest BCUT2D eigenvalue weighted by Gasteiger charge is 2.12. The van der Waals surface area contributed by atoms with E-state index in [4.69, 9.17) is 9.84 Å². The molecule has 3 rings (SSSR count). The molecule has 0 radical (unpaired) electrons. The van der Waals surface area contributed by atoms with E-state index < -0.39 is 6.61 Å². The lowest BCUT2D eigenvalue weighted by atomic mass is 10.1. The number of halogens is 2. The van der Waals surface area contributed by atoms with Gasteiger partial charge in [0.2, 0.25) is 0 Å². The van der Waals surface area contributed by atoms with E-state index in [2.05, 4.69) is 19.7 Å². The fraction of sp³-hybridized carbons (Fsp3) is 0.211. The minimum Gasteiger partial charge on any atom is -0.494 e. The number of aliphatic hydroxyl groups excluding tert-OH is 1. The van der Waals surface area contributed by atoms with E-state index in [1.54, 1.807) is 30.6 Å². The Morgan fingerprint density at radius 1 is 1.11 bits per heavy atom. The van der Waals surface area contributed by atoms with Gasteiger partial charge >= 0.3 is 6.61 Å². The fourth-order valence-corrected chi connectivity index (χ4v) is 2.54. The number of hydrogen-bond donors (Lipinski definition) is 1. The lowest BCUT2D eigenvalue weighted by Gasteiger charge is -2.12. The molecule has 140 valence electrons. The van der Waals surface area contributed by atoms with Crippen LogP contribution in [0.25, 0.3) is 11.3 Å². The summed E-state index contributed by atoms with van der Waals surface area (Å²) in [5.41, 5.74) is 2.67. The van der Waals surface area contributed by atoms with Gasteiger partial charge in [0.05, 0.1) is 7.11 Å². The predicted molar refractivity (Wildman–Crippen MR) is 93.6 cm³/mol. The van der Waals surface area contributed by atoms with Gasteiger partial charge in [0.25, 0.3) is 0 Å². The minimum atomic E-state index is -2.90. The zero-order chi connectivity index (χ0) is 19.2. The van der Waals surface area contributed by atoms with E-state index in [0.29, 0.717) is 29.3 Å². The molecule has 2 heterocycles. The number of methoxy groups -OCH3 is 1. The van der Waals surface area contributed by atoms with Crippen molar-refractivity contribution in [3.63, 3.8) is 0 Å². The number of aromatic nitrogens is 3. The van der Waals surface area contributed by atoms with Gasteiger partial charge in [-0.2, -0.15) is 8.78 Å². The quantitative estimate of drug-likeness (QED) is 0.685. The van der Waals surface area contributed by atoms with Gasteiger partial charge in [0.1, 0.15) is 23.8 Å². The van der Waals surface area contributed by atoms with Gasteiger partial charge < -0.3 is 14.6 Å². The maximum Gasteiger partial charge on any atom is 0.387 e. The topological polar surface area (TPSA) is 77.4 Å². The maximum atomic E-state index is 12.5. The Morgan fingerprint density at radius 2 is 1.89 bits per heavy atom. The van der Waals surface area contributed by atoms with E-state index >= 15 is 0 Å². The van der Waals surface area contributed by atoms with Gasteiger partial charge in [0, 0.05) is 30.1 Å². The molecular formula is C19H17F2N3O3. The molecule has 0 atom stereocenters. The highest BCUT2D eigenvalue weighted by atomic mass is 19.3. The lowest BCUT2D eigenvalue weighted by Crippen LogP contribution is -2.02. The molecule has 0 saturated carbocycles. The average molecular weight is 373 g/mol. The predicted octanol–water partition coefficient (Wildman–Crippen LogP) is 3.23. The summed E-state index contributed by atoms with van der Waals surface area (Å²) >= 11 is 0. The Bertz CT molecular complexity index is 905. The Labute approximate surface area is 154 Å². The molecule has 0 fully saturated rings. The number of alkyl halides is 2. The Hall–Kier alpha value is -3.13. The van der Waals surface area contributed by atoms with E-state index in [0.717, 1.165) is 11.3 Å². The standard InChI is InChI=1S/C19H17F2N3O3/c1-26-16-6-5-14(7-12-9-22-17(11-25)23-10-12)24-18(16)13-3-2-4-15(8-13)27-19(20)21/h2-6,8-10,19,25H,7,11H2,1H3. The number of rotatable bonds is 7. The zero-order valence-electron chi connectivity index (χ0n) is 14.5. The number of pyridine rings is 1. The molecule has 1 N–H and O–H groups in total. The molecule has 6 nitrogen and oxygen atoms in total. The number of nitrogens with zero attached hydrogens (tertiary/aromatic N) is 3. The Balaban J connectivity index is 1.91. The van der Waals surface area contributed by atoms with E-state index in [-0.39, 0.29) is 12.4 Å². The summed E-state index contributed by atoms with van der Waals surface area (Å²) < 4.78 is 34.8. The van der Waals surface area contributed by atoms with Gasteiger partial charge in [0.15, 0.2) is 5.82 Å². The normalized spacial score (nSPS) is 10.9. The molecule has 8 heteroatoms. The molecule has 0 amide bonds. The molecule has 0 saturated heterocycles. The molecule has 0 aliphatic rings. The van der Waals surface area contributed by atoms with Crippen molar-refractivity contribution in [2.45, 2.75) is 19.6 Å². The van der Waals surface area contributed by atoms with Crippen molar-refractivity contribution < 1.29 is 23.4 Å². The van der Waals surface area contributed by atoms with Crippen LogP contribution in [-0.2, 0) is 13.0 Å². The summed E-state index contributed by atoms with van der Waals surface area (Å²) in [6.45, 7) is -3.12. The third kappa shape index (κ3) is 4.73. The zero-order valence-corrected chi connectivity index (χ0v) is 14.5. The highest BCUT2D eigenvalue weighted by molar-refractivity contribution is 5.68. The van der Waals surface area contributed by atoms with Crippen LogP contribution in [0.4, 0.5) is 8.78 Å². The molecule has 0 spiro atoms. The van der Waals surface area contributed by atoms with E-state index in [9.17, 15) is 8.78 Å². The largest absolute Gasteiger partial charge is 0.494 e. The van der Waals surface area contributed by atoms with Crippen molar-refractivity contribution in [2.75, 3.05) is 7.11 Å². The lowest BCUT2D eigenvalue weighted by molar-refractivity contribution is -0.0498. The Morgan fingerprint density at radius 3 is 2.56 bits per heavy atom. The first-order valence-corrected chi connectivity index (χ1v) is 8.09. The van der Waals surface area contributed by atoms with E-state index in [1.807, 2.05) is 6.07 Å². The first-order valence-electron chi connectivity index (χ1n) is 8.09. The van der Waals surface area contributed by atoms with Crippen LogP contribution in [0.3, 0.4) is 0 Å². The van der Waals surface area contributed by atoms with Crippen LogP contribution in [0.1, 0.15) is 17.1 Å². The highest BCUT2D eigenvalue weighted by Crippen LogP contribution is 2.31. The monoisotopic (exact) mass is 373 g/mol. The average Bonchev–Trinajstić information content (AvgIpc) is 2.68. The molecule has 27 heavy (non-hydrogen) atoms. The number of aliphatic hydroxyl groups is 1. The maximum absolute atomic E-state index is 12.5. The smallest absolute Gasteiger partial charge is 0.387 e. The Kier molecular flexibility index (Phi) is 5.87. The van der Waals surface area contributed by atoms with Crippen LogP contribution >= 0.6 is 0 Å². The first-order chi connectivity index (χ1) is 13.1. The van der Waals surface area contributed by atoms with Crippen molar-refractivity contribution in [1.82, 2.24) is 15.0 Å². The molecule has 0 aliphatic heterocycles. The van der Waals surface area contributed by atoms with Crippen molar-refractivity contribution in [3.8, 4) is 22.8 Å². The minimum absolute atomic E-state index is 0.0461. The molecular weight excluding hydrogens is 356 g/mol. The van der Waals surface area contributed by atoms with Gasteiger partial charge in [-0.1, -0.05) is 12.1 Å². The molecule has 0 aliphatic carbocycles. The van der Waals surface area contributed by atoms with Crippen molar-refractivity contribution >= 4 is 0 Å². The second-order valence-electron chi connectivity index (χ2n) is 5.60. The summed E-state index contributed by atoms with van der Waals surface area (Å²) in [7, 11) is 1.52. The molecule has 0 bridgehead atoms. The second-order valence-corrected chi connectivity index (χ2v) is 5.60.